The summed E-state index contributed by atoms with van der Waals surface area (Å²) in [7, 11) is 0. The molecular formula is C12H12BrN5O. The van der Waals surface area contributed by atoms with Gasteiger partial charge in [0.2, 0.25) is 0 Å². The number of rotatable bonds is 3. The monoisotopic (exact) mass is 321 g/mol. The number of carbonyl (C=O) groups excluding carboxylic acids is 1. The molecule has 98 valence electrons. The van der Waals surface area contributed by atoms with E-state index in [1.165, 1.54) is 0 Å². The van der Waals surface area contributed by atoms with Crippen molar-refractivity contribution in [2.45, 2.75) is 6.92 Å². The molecule has 0 saturated heterocycles. The summed E-state index contributed by atoms with van der Waals surface area (Å²) in [6.45, 7) is 1.95. The molecule has 0 spiro atoms. The lowest BCUT2D eigenvalue weighted by atomic mass is 10.2. The van der Waals surface area contributed by atoms with Gasteiger partial charge in [-0.3, -0.25) is 4.79 Å². The van der Waals surface area contributed by atoms with Crippen molar-refractivity contribution in [2.75, 3.05) is 10.7 Å². The number of carbonyl (C=O) groups is 1. The molecule has 19 heavy (non-hydrogen) atoms. The smallest absolute Gasteiger partial charge is 0.276 e. The summed E-state index contributed by atoms with van der Waals surface area (Å²) in [5.74, 6) is 5.25. The molecule has 0 aliphatic heterocycles. The van der Waals surface area contributed by atoms with Crippen LogP contribution in [0.5, 0.6) is 0 Å². The summed E-state index contributed by atoms with van der Waals surface area (Å²) in [4.78, 5) is 11.9. The molecular weight excluding hydrogens is 310 g/mol. The number of hydrogen-bond acceptors (Lipinski definition) is 5. The minimum atomic E-state index is -0.321. The van der Waals surface area contributed by atoms with Gasteiger partial charge < -0.3 is 10.7 Å². The van der Waals surface area contributed by atoms with Gasteiger partial charge >= 0.3 is 0 Å². The second-order valence-electron chi connectivity index (χ2n) is 3.87. The fraction of sp³-hybridized carbons (Fsp3) is 0.0833. The maximum atomic E-state index is 11.9. The maximum absolute atomic E-state index is 11.9. The van der Waals surface area contributed by atoms with Crippen LogP contribution in [0.3, 0.4) is 0 Å². The highest BCUT2D eigenvalue weighted by atomic mass is 79.9. The summed E-state index contributed by atoms with van der Waals surface area (Å²) in [5.41, 5.74) is 4.30. The number of anilines is 2. The molecule has 0 unspecified atom stereocenters. The van der Waals surface area contributed by atoms with Gasteiger partial charge in [0.25, 0.3) is 5.91 Å². The normalized spacial score (nSPS) is 10.1. The first-order chi connectivity index (χ1) is 9.10. The third-order valence-electron chi connectivity index (χ3n) is 2.46. The molecule has 0 atom stereocenters. The number of nitrogens with one attached hydrogen (secondary N) is 2. The van der Waals surface area contributed by atoms with Gasteiger partial charge in [-0.25, -0.2) is 5.84 Å². The fourth-order valence-electron chi connectivity index (χ4n) is 1.45. The second-order valence-corrected chi connectivity index (χ2v) is 4.72. The molecule has 7 heteroatoms. The van der Waals surface area contributed by atoms with E-state index in [1.54, 1.807) is 18.2 Å². The van der Waals surface area contributed by atoms with Crippen molar-refractivity contribution in [3.05, 3.63) is 46.1 Å². The predicted octanol–water partition coefficient (Wildman–Crippen LogP) is 2.09. The van der Waals surface area contributed by atoms with Gasteiger partial charge in [0.15, 0.2) is 11.5 Å². The Balaban J connectivity index is 2.13. The van der Waals surface area contributed by atoms with E-state index in [4.69, 9.17) is 5.84 Å². The molecule has 0 aliphatic carbocycles. The summed E-state index contributed by atoms with van der Waals surface area (Å²) < 4.78 is 0.990. The van der Waals surface area contributed by atoms with E-state index in [0.29, 0.717) is 11.5 Å². The fourth-order valence-corrected chi connectivity index (χ4v) is 1.69. The molecule has 1 amide bonds. The average molecular weight is 322 g/mol. The second kappa shape index (κ2) is 5.77. The molecule has 2 rings (SSSR count). The lowest BCUT2D eigenvalue weighted by Crippen LogP contribution is -2.16. The van der Waals surface area contributed by atoms with Crippen molar-refractivity contribution in [3.8, 4) is 0 Å². The Kier molecular flexibility index (Phi) is 4.08. The van der Waals surface area contributed by atoms with Gasteiger partial charge in [-0.05, 0) is 42.8 Å². The molecule has 1 aromatic carbocycles. The SMILES string of the molecule is Cc1cc(NC(=O)c2ccc(NN)nn2)ccc1Br. The standard InChI is InChI=1S/C12H12BrN5O/c1-7-6-8(2-3-9(7)13)15-12(19)10-4-5-11(16-14)18-17-10/h2-6H,14H2,1H3,(H,15,19)(H,16,18). The van der Waals surface area contributed by atoms with Gasteiger partial charge in [-0.1, -0.05) is 15.9 Å². The van der Waals surface area contributed by atoms with Crippen molar-refractivity contribution in [3.63, 3.8) is 0 Å². The summed E-state index contributed by atoms with van der Waals surface area (Å²) >= 11 is 3.40. The zero-order chi connectivity index (χ0) is 13.8. The number of hydrogen-bond donors (Lipinski definition) is 3. The zero-order valence-electron chi connectivity index (χ0n) is 10.1. The van der Waals surface area contributed by atoms with E-state index in [1.807, 2.05) is 19.1 Å². The van der Waals surface area contributed by atoms with Gasteiger partial charge in [-0.15, -0.1) is 10.2 Å². The minimum Gasteiger partial charge on any atom is -0.321 e. The number of nitrogens with zero attached hydrogens (tertiary/aromatic N) is 2. The van der Waals surface area contributed by atoms with E-state index in [0.717, 1.165) is 10.0 Å². The van der Waals surface area contributed by atoms with Gasteiger partial charge in [-0.2, -0.15) is 0 Å². The van der Waals surface area contributed by atoms with Crippen LogP contribution in [0.1, 0.15) is 16.1 Å². The van der Waals surface area contributed by atoms with Gasteiger partial charge in [0, 0.05) is 10.2 Å². The molecule has 2 aromatic rings. The highest BCUT2D eigenvalue weighted by Gasteiger charge is 2.09. The number of nitrogen functional groups attached to an aromatic ring is 1. The Morgan fingerprint density at radius 1 is 1.26 bits per heavy atom. The molecule has 4 N–H and O–H groups in total. The number of hydrazine groups is 1. The van der Waals surface area contributed by atoms with E-state index >= 15 is 0 Å². The number of benzene rings is 1. The number of aryl methyl sites for hydroxylation is 1. The molecule has 0 radical (unpaired) electrons. The third kappa shape index (κ3) is 3.27. The molecule has 1 heterocycles. The zero-order valence-corrected chi connectivity index (χ0v) is 11.7. The average Bonchev–Trinajstić information content (AvgIpc) is 2.43. The largest absolute Gasteiger partial charge is 0.321 e. The van der Waals surface area contributed by atoms with Crippen LogP contribution in [0, 0.1) is 6.92 Å². The number of aromatic nitrogens is 2. The van der Waals surface area contributed by atoms with Crippen molar-refractivity contribution >= 4 is 33.3 Å². The van der Waals surface area contributed by atoms with Crippen LogP contribution in [0.2, 0.25) is 0 Å². The molecule has 0 aliphatic rings. The lowest BCUT2D eigenvalue weighted by Gasteiger charge is -2.06. The third-order valence-corrected chi connectivity index (χ3v) is 3.35. The predicted molar refractivity (Wildman–Crippen MR) is 76.7 cm³/mol. The van der Waals surface area contributed by atoms with Crippen LogP contribution >= 0.6 is 15.9 Å². The molecule has 0 fully saturated rings. The molecule has 6 nitrogen and oxygen atoms in total. The van der Waals surface area contributed by atoms with Crippen LogP contribution in [-0.4, -0.2) is 16.1 Å². The highest BCUT2D eigenvalue weighted by Crippen LogP contribution is 2.20. The van der Waals surface area contributed by atoms with Crippen molar-refractivity contribution in [1.29, 1.82) is 0 Å². The van der Waals surface area contributed by atoms with E-state index in [9.17, 15) is 4.79 Å². The number of halogens is 1. The molecule has 0 bridgehead atoms. The quantitative estimate of drug-likeness (QED) is 0.594. The highest BCUT2D eigenvalue weighted by molar-refractivity contribution is 9.10. The van der Waals surface area contributed by atoms with Crippen LogP contribution in [0.4, 0.5) is 11.5 Å². The van der Waals surface area contributed by atoms with Crippen LogP contribution < -0.4 is 16.6 Å². The molecule has 1 aromatic heterocycles. The Hall–Kier alpha value is -1.99. The lowest BCUT2D eigenvalue weighted by molar-refractivity contribution is 0.102. The topological polar surface area (TPSA) is 92.9 Å². The van der Waals surface area contributed by atoms with Crippen molar-refractivity contribution < 1.29 is 4.79 Å². The van der Waals surface area contributed by atoms with E-state index < -0.39 is 0 Å². The first-order valence-corrected chi connectivity index (χ1v) is 6.27. The summed E-state index contributed by atoms with van der Waals surface area (Å²) in [6, 6.07) is 8.67. The summed E-state index contributed by atoms with van der Waals surface area (Å²) in [5, 5.41) is 10.3. The molecule has 0 saturated carbocycles. The van der Waals surface area contributed by atoms with Crippen LogP contribution in [-0.2, 0) is 0 Å². The minimum absolute atomic E-state index is 0.222. The maximum Gasteiger partial charge on any atom is 0.276 e. The van der Waals surface area contributed by atoms with E-state index in [2.05, 4.69) is 36.9 Å². The van der Waals surface area contributed by atoms with E-state index in [-0.39, 0.29) is 11.6 Å². The summed E-state index contributed by atoms with van der Waals surface area (Å²) in [6.07, 6.45) is 0. The number of nitrogens with two attached hydrogens (primary N) is 1. The van der Waals surface area contributed by atoms with Gasteiger partial charge in [0.05, 0.1) is 0 Å². The van der Waals surface area contributed by atoms with Crippen molar-refractivity contribution in [1.82, 2.24) is 10.2 Å². The Bertz CT molecular complexity index is 600. The Labute approximate surface area is 118 Å². The Morgan fingerprint density at radius 3 is 2.63 bits per heavy atom. The van der Waals surface area contributed by atoms with Gasteiger partial charge in [0.1, 0.15) is 0 Å². The first-order valence-electron chi connectivity index (χ1n) is 5.48. The first kappa shape index (κ1) is 13.4. The number of amides is 1. The Morgan fingerprint density at radius 2 is 2.05 bits per heavy atom. The van der Waals surface area contributed by atoms with Crippen LogP contribution in [0.25, 0.3) is 0 Å². The van der Waals surface area contributed by atoms with Crippen LogP contribution in [0.15, 0.2) is 34.8 Å². The van der Waals surface area contributed by atoms with Crippen molar-refractivity contribution in [2.24, 2.45) is 5.84 Å².